The molecule has 0 saturated carbocycles. The lowest BCUT2D eigenvalue weighted by molar-refractivity contribution is 0.472. The molecule has 2 nitrogen and oxygen atoms in total. The van der Waals surface area contributed by atoms with Gasteiger partial charge in [-0.3, -0.25) is 0 Å². The molecule has 0 aliphatic carbocycles. The van der Waals surface area contributed by atoms with Crippen molar-refractivity contribution in [3.05, 3.63) is 120 Å². The molecule has 2 N–H and O–H groups in total. The van der Waals surface area contributed by atoms with Gasteiger partial charge in [-0.1, -0.05) is 92.2 Å². The van der Waals surface area contributed by atoms with Crippen LogP contribution in [0.2, 0.25) is 0 Å². The zero-order valence-electron chi connectivity index (χ0n) is 17.1. The summed E-state index contributed by atoms with van der Waals surface area (Å²) in [6.07, 6.45) is 1.90. The van der Waals surface area contributed by atoms with E-state index in [2.05, 4.69) is 55.5 Å². The van der Waals surface area contributed by atoms with Gasteiger partial charge in [0.05, 0.1) is 0 Å². The molecule has 0 radical (unpaired) electrons. The minimum absolute atomic E-state index is 0.259. The van der Waals surface area contributed by atoms with Crippen molar-refractivity contribution in [2.75, 3.05) is 0 Å². The monoisotopic (exact) mass is 394 g/mol. The molecule has 0 saturated heterocycles. The number of rotatable bonds is 6. The van der Waals surface area contributed by atoms with E-state index in [0.717, 1.165) is 24.0 Å². The molecule has 30 heavy (non-hydrogen) atoms. The number of phenols is 2. The highest BCUT2D eigenvalue weighted by Crippen LogP contribution is 2.44. The largest absolute Gasteiger partial charge is 0.508 e. The summed E-state index contributed by atoms with van der Waals surface area (Å²) in [4.78, 5) is 0. The number of aromatic hydroxyl groups is 2. The van der Waals surface area contributed by atoms with Crippen LogP contribution < -0.4 is 0 Å². The van der Waals surface area contributed by atoms with Crippen LogP contribution in [-0.4, -0.2) is 10.2 Å². The van der Waals surface area contributed by atoms with Crippen LogP contribution in [0.1, 0.15) is 36.5 Å². The molecule has 4 aromatic carbocycles. The van der Waals surface area contributed by atoms with Crippen molar-refractivity contribution < 1.29 is 10.2 Å². The van der Waals surface area contributed by atoms with Crippen molar-refractivity contribution in [1.29, 1.82) is 0 Å². The van der Waals surface area contributed by atoms with Crippen LogP contribution in [0.25, 0.3) is 11.1 Å². The van der Waals surface area contributed by atoms with Crippen LogP contribution in [0.3, 0.4) is 0 Å². The Morgan fingerprint density at radius 2 is 0.933 bits per heavy atom. The summed E-state index contributed by atoms with van der Waals surface area (Å²) in [6.45, 7) is 2.19. The molecule has 0 heterocycles. The van der Waals surface area contributed by atoms with E-state index in [1.807, 2.05) is 30.3 Å². The normalized spacial score (nSPS) is 11.4. The summed E-state index contributed by atoms with van der Waals surface area (Å²) in [5, 5.41) is 19.7. The van der Waals surface area contributed by atoms with Gasteiger partial charge >= 0.3 is 0 Å². The average Bonchev–Trinajstić information content (AvgIpc) is 2.80. The lowest BCUT2D eigenvalue weighted by Gasteiger charge is -2.36. The molecule has 4 rings (SSSR count). The Hall–Kier alpha value is -3.52. The third-order valence-corrected chi connectivity index (χ3v) is 5.83. The Kier molecular flexibility index (Phi) is 5.58. The fourth-order valence-electron chi connectivity index (χ4n) is 4.38. The Bertz CT molecular complexity index is 1030. The van der Waals surface area contributed by atoms with Crippen molar-refractivity contribution >= 4 is 0 Å². The fraction of sp³-hybridized carbons (Fsp3) is 0.143. The van der Waals surface area contributed by atoms with E-state index in [4.69, 9.17) is 0 Å². The zero-order valence-corrected chi connectivity index (χ0v) is 17.1. The molecule has 4 aromatic rings. The second kappa shape index (κ2) is 8.46. The summed E-state index contributed by atoms with van der Waals surface area (Å²) >= 11 is 0. The molecule has 0 unspecified atom stereocenters. The van der Waals surface area contributed by atoms with E-state index in [0.29, 0.717) is 0 Å². The predicted molar refractivity (Wildman–Crippen MR) is 123 cm³/mol. The lowest BCUT2D eigenvalue weighted by atomic mass is 9.66. The van der Waals surface area contributed by atoms with E-state index in [9.17, 15) is 10.2 Å². The fourth-order valence-corrected chi connectivity index (χ4v) is 4.38. The number of hydrogen-bond donors (Lipinski definition) is 2. The first-order valence-corrected chi connectivity index (χ1v) is 10.4. The minimum atomic E-state index is -0.370. The lowest BCUT2D eigenvalue weighted by Crippen LogP contribution is -2.29. The van der Waals surface area contributed by atoms with Crippen LogP contribution in [0.15, 0.2) is 103 Å². The summed E-state index contributed by atoms with van der Waals surface area (Å²) < 4.78 is 0. The molecule has 0 spiro atoms. The molecular weight excluding hydrogens is 368 g/mol. The summed E-state index contributed by atoms with van der Waals surface area (Å²) in [7, 11) is 0. The number of phenolic OH excluding ortho intramolecular Hbond substituents is 2. The third kappa shape index (κ3) is 3.69. The Labute approximate surface area is 178 Å². The van der Waals surface area contributed by atoms with E-state index in [1.54, 1.807) is 24.3 Å². The minimum Gasteiger partial charge on any atom is -0.508 e. The molecular formula is C28H26O2. The molecule has 2 heteroatoms. The maximum atomic E-state index is 9.86. The third-order valence-electron chi connectivity index (χ3n) is 5.83. The smallest absolute Gasteiger partial charge is 0.115 e. The Balaban J connectivity index is 1.90. The highest BCUT2D eigenvalue weighted by Gasteiger charge is 2.35. The first-order chi connectivity index (χ1) is 14.6. The van der Waals surface area contributed by atoms with Crippen molar-refractivity contribution in [1.82, 2.24) is 0 Å². The molecule has 0 aromatic heterocycles. The van der Waals surface area contributed by atoms with Crippen molar-refractivity contribution in [3.8, 4) is 22.6 Å². The van der Waals surface area contributed by atoms with Crippen molar-refractivity contribution in [2.45, 2.75) is 25.2 Å². The summed E-state index contributed by atoms with van der Waals surface area (Å²) in [6, 6.07) is 34.1. The topological polar surface area (TPSA) is 40.5 Å². The predicted octanol–water partition coefficient (Wildman–Crippen LogP) is 6.90. The van der Waals surface area contributed by atoms with Crippen LogP contribution in [0, 0.1) is 0 Å². The van der Waals surface area contributed by atoms with Crippen LogP contribution >= 0.6 is 0 Å². The van der Waals surface area contributed by atoms with E-state index in [1.165, 1.54) is 16.7 Å². The van der Waals surface area contributed by atoms with Gasteiger partial charge in [-0.15, -0.1) is 0 Å². The highest BCUT2D eigenvalue weighted by molar-refractivity contribution is 5.65. The van der Waals surface area contributed by atoms with Gasteiger partial charge < -0.3 is 10.2 Å². The standard InChI is InChI=1S/C28H26O2/c1-2-20-28(24-12-16-26(29)17-13-24,25-14-18-27(30)19-15-25)23-10-8-22(9-11-23)21-6-4-3-5-7-21/h3-19,29-30H,2,20H2,1H3. The summed E-state index contributed by atoms with van der Waals surface area (Å²) in [5.74, 6) is 0.517. The molecule has 0 aliphatic heterocycles. The van der Waals surface area contributed by atoms with Gasteiger partial charge in [-0.2, -0.15) is 0 Å². The molecule has 0 aliphatic rings. The molecule has 150 valence electrons. The van der Waals surface area contributed by atoms with Crippen LogP contribution in [-0.2, 0) is 5.41 Å². The maximum Gasteiger partial charge on any atom is 0.115 e. The molecule has 0 amide bonds. The number of benzene rings is 4. The second-order valence-corrected chi connectivity index (χ2v) is 7.69. The van der Waals surface area contributed by atoms with Gasteiger partial charge in [0, 0.05) is 5.41 Å². The van der Waals surface area contributed by atoms with E-state index < -0.39 is 0 Å². The van der Waals surface area contributed by atoms with Gasteiger partial charge in [-0.25, -0.2) is 0 Å². The first kappa shape index (κ1) is 19.8. The van der Waals surface area contributed by atoms with Crippen LogP contribution in [0.4, 0.5) is 0 Å². The Morgan fingerprint density at radius 3 is 1.37 bits per heavy atom. The average molecular weight is 395 g/mol. The van der Waals surface area contributed by atoms with Crippen molar-refractivity contribution in [3.63, 3.8) is 0 Å². The molecule has 0 fully saturated rings. The molecule has 0 bridgehead atoms. The molecule has 0 atom stereocenters. The van der Waals surface area contributed by atoms with Crippen LogP contribution in [0.5, 0.6) is 11.5 Å². The van der Waals surface area contributed by atoms with Gasteiger partial charge in [0.15, 0.2) is 0 Å². The quantitative estimate of drug-likeness (QED) is 0.349. The van der Waals surface area contributed by atoms with Gasteiger partial charge in [0.25, 0.3) is 0 Å². The van der Waals surface area contributed by atoms with Gasteiger partial charge in [-0.05, 0) is 58.5 Å². The Morgan fingerprint density at radius 1 is 0.533 bits per heavy atom. The highest BCUT2D eigenvalue weighted by atomic mass is 16.3. The number of hydrogen-bond acceptors (Lipinski definition) is 2. The zero-order chi connectivity index (χ0) is 21.0. The van der Waals surface area contributed by atoms with Crippen molar-refractivity contribution in [2.24, 2.45) is 0 Å². The van der Waals surface area contributed by atoms with E-state index >= 15 is 0 Å². The second-order valence-electron chi connectivity index (χ2n) is 7.69. The first-order valence-electron chi connectivity index (χ1n) is 10.4. The maximum absolute atomic E-state index is 9.86. The van der Waals surface area contributed by atoms with Gasteiger partial charge in [0.2, 0.25) is 0 Å². The summed E-state index contributed by atoms with van der Waals surface area (Å²) in [5.41, 5.74) is 5.45. The van der Waals surface area contributed by atoms with Gasteiger partial charge in [0.1, 0.15) is 11.5 Å². The van der Waals surface area contributed by atoms with E-state index in [-0.39, 0.29) is 16.9 Å². The SMILES string of the molecule is CCCC(c1ccc(O)cc1)(c1ccc(O)cc1)c1ccc(-c2ccccc2)cc1.